The monoisotopic (exact) mass is 339 g/mol. The number of ketones is 1. The number of benzene rings is 2. The van der Waals surface area contributed by atoms with Crippen molar-refractivity contribution in [2.45, 2.75) is 20.3 Å². The molecule has 0 aliphatic rings. The summed E-state index contributed by atoms with van der Waals surface area (Å²) in [5, 5.41) is 9.92. The van der Waals surface area contributed by atoms with Crippen molar-refractivity contribution in [1.29, 1.82) is 0 Å². The van der Waals surface area contributed by atoms with Crippen LogP contribution in [0.25, 0.3) is 22.2 Å². The summed E-state index contributed by atoms with van der Waals surface area (Å²) >= 11 is 0. The second-order valence-electron chi connectivity index (χ2n) is 6.44. The Morgan fingerprint density at radius 2 is 1.80 bits per heavy atom. The molecule has 5 heteroatoms. The normalized spacial score (nSPS) is 11.2. The van der Waals surface area contributed by atoms with E-state index in [0.29, 0.717) is 34.1 Å². The quantitative estimate of drug-likeness (QED) is 0.649. The van der Waals surface area contributed by atoms with Crippen LogP contribution in [0.15, 0.2) is 42.5 Å². The first-order chi connectivity index (χ1) is 11.9. The number of halogens is 1. The number of carboxylic acid groups (broad SMARTS) is 1. The molecule has 0 saturated carbocycles. The van der Waals surface area contributed by atoms with Gasteiger partial charge < -0.3 is 10.1 Å². The maximum Gasteiger partial charge on any atom is 0.336 e. The highest BCUT2D eigenvalue weighted by Crippen LogP contribution is 2.34. The molecule has 128 valence electrons. The standard InChI is InChI=1S/C20H18FNO3/c1-11(2)10-16(23)18-17-14(20(24)25)4-3-5-15(17)22-19(18)12-6-8-13(21)9-7-12/h3-9,11,22H,10H2,1-2H3,(H,24,25). The summed E-state index contributed by atoms with van der Waals surface area (Å²) < 4.78 is 13.3. The predicted molar refractivity (Wildman–Crippen MR) is 94.4 cm³/mol. The van der Waals surface area contributed by atoms with Gasteiger partial charge in [-0.15, -0.1) is 0 Å². The Hall–Kier alpha value is -2.95. The third-order valence-corrected chi connectivity index (χ3v) is 4.06. The topological polar surface area (TPSA) is 70.2 Å². The molecular weight excluding hydrogens is 321 g/mol. The largest absolute Gasteiger partial charge is 0.478 e. The van der Waals surface area contributed by atoms with Crippen molar-refractivity contribution in [2.75, 3.05) is 0 Å². The van der Waals surface area contributed by atoms with Crippen molar-refractivity contribution in [3.05, 3.63) is 59.4 Å². The molecule has 0 saturated heterocycles. The van der Waals surface area contributed by atoms with Crippen LogP contribution in [0.4, 0.5) is 4.39 Å². The van der Waals surface area contributed by atoms with E-state index in [1.807, 2.05) is 13.8 Å². The molecule has 1 heterocycles. The lowest BCUT2D eigenvalue weighted by molar-refractivity contribution is 0.0699. The second kappa shape index (κ2) is 6.51. The van der Waals surface area contributed by atoms with E-state index in [2.05, 4.69) is 4.98 Å². The van der Waals surface area contributed by atoms with E-state index in [1.165, 1.54) is 18.2 Å². The number of aromatic amines is 1. The van der Waals surface area contributed by atoms with Crippen LogP contribution in [0, 0.1) is 11.7 Å². The molecule has 0 spiro atoms. The Kier molecular flexibility index (Phi) is 4.40. The van der Waals surface area contributed by atoms with Gasteiger partial charge in [0.05, 0.1) is 16.8 Å². The number of carboxylic acids is 1. The number of carbonyl (C=O) groups is 2. The first kappa shape index (κ1) is 16.9. The Morgan fingerprint density at radius 3 is 2.40 bits per heavy atom. The molecular formula is C20H18FNO3. The van der Waals surface area contributed by atoms with Crippen molar-refractivity contribution in [3.63, 3.8) is 0 Å². The summed E-state index contributed by atoms with van der Waals surface area (Å²) in [6.07, 6.45) is 0.301. The van der Waals surface area contributed by atoms with Gasteiger partial charge in [0.1, 0.15) is 5.82 Å². The van der Waals surface area contributed by atoms with E-state index < -0.39 is 5.97 Å². The van der Waals surface area contributed by atoms with Gasteiger partial charge in [-0.3, -0.25) is 4.79 Å². The Balaban J connectivity index is 2.32. The number of rotatable bonds is 5. The molecule has 25 heavy (non-hydrogen) atoms. The lowest BCUT2D eigenvalue weighted by atomic mass is 9.94. The Morgan fingerprint density at radius 1 is 1.12 bits per heavy atom. The number of hydrogen-bond acceptors (Lipinski definition) is 2. The number of nitrogens with one attached hydrogen (secondary N) is 1. The van der Waals surface area contributed by atoms with E-state index >= 15 is 0 Å². The number of aromatic carboxylic acids is 1. The number of H-pyrrole nitrogens is 1. The van der Waals surface area contributed by atoms with Gasteiger partial charge in [-0.2, -0.15) is 0 Å². The fourth-order valence-corrected chi connectivity index (χ4v) is 3.01. The van der Waals surface area contributed by atoms with Crippen molar-refractivity contribution in [2.24, 2.45) is 5.92 Å². The maximum atomic E-state index is 13.3. The summed E-state index contributed by atoms with van der Waals surface area (Å²) in [7, 11) is 0. The molecule has 0 atom stereocenters. The van der Waals surface area contributed by atoms with Crippen molar-refractivity contribution in [1.82, 2.24) is 4.98 Å². The zero-order valence-corrected chi connectivity index (χ0v) is 14.0. The summed E-state index contributed by atoms with van der Waals surface area (Å²) in [6.45, 7) is 3.87. The highest BCUT2D eigenvalue weighted by Gasteiger charge is 2.24. The molecule has 1 aromatic heterocycles. The first-order valence-electron chi connectivity index (χ1n) is 8.05. The average molecular weight is 339 g/mol. The molecule has 2 N–H and O–H groups in total. The summed E-state index contributed by atoms with van der Waals surface area (Å²) in [5.41, 5.74) is 2.17. The van der Waals surface area contributed by atoms with Crippen LogP contribution in [-0.2, 0) is 0 Å². The zero-order valence-electron chi connectivity index (χ0n) is 14.0. The first-order valence-corrected chi connectivity index (χ1v) is 8.05. The lowest BCUT2D eigenvalue weighted by Gasteiger charge is -2.08. The van der Waals surface area contributed by atoms with Gasteiger partial charge in [0.15, 0.2) is 5.78 Å². The van der Waals surface area contributed by atoms with Crippen LogP contribution in [0.2, 0.25) is 0 Å². The number of Topliss-reactive ketones (excluding diaryl/α,β-unsaturated/α-hetero) is 1. The van der Waals surface area contributed by atoms with E-state index in [0.717, 1.165) is 0 Å². The lowest BCUT2D eigenvalue weighted by Crippen LogP contribution is -2.06. The molecule has 0 fully saturated rings. The molecule has 0 unspecified atom stereocenters. The van der Waals surface area contributed by atoms with Crippen LogP contribution in [0.3, 0.4) is 0 Å². The summed E-state index contributed by atoms with van der Waals surface area (Å²) in [6, 6.07) is 10.6. The van der Waals surface area contributed by atoms with Gasteiger partial charge in [0, 0.05) is 17.3 Å². The van der Waals surface area contributed by atoms with Gasteiger partial charge in [-0.1, -0.05) is 19.9 Å². The van der Waals surface area contributed by atoms with E-state index in [9.17, 15) is 19.1 Å². The van der Waals surface area contributed by atoms with Gasteiger partial charge in [0.2, 0.25) is 0 Å². The molecule has 3 aromatic rings. The van der Waals surface area contributed by atoms with Crippen molar-refractivity contribution in [3.8, 4) is 11.3 Å². The van der Waals surface area contributed by atoms with Crippen LogP contribution in [0.1, 0.15) is 41.0 Å². The molecule has 0 aliphatic carbocycles. The molecule has 4 nitrogen and oxygen atoms in total. The Labute approximate surface area is 144 Å². The van der Waals surface area contributed by atoms with Crippen LogP contribution < -0.4 is 0 Å². The fraction of sp³-hybridized carbons (Fsp3) is 0.200. The number of hydrogen-bond donors (Lipinski definition) is 2. The molecule has 0 amide bonds. The molecule has 3 rings (SSSR count). The van der Waals surface area contributed by atoms with Crippen LogP contribution >= 0.6 is 0 Å². The van der Waals surface area contributed by atoms with Crippen molar-refractivity contribution < 1.29 is 19.1 Å². The minimum Gasteiger partial charge on any atom is -0.478 e. The number of carbonyl (C=O) groups excluding carboxylic acids is 1. The summed E-state index contributed by atoms with van der Waals surface area (Å²) in [4.78, 5) is 27.6. The fourth-order valence-electron chi connectivity index (χ4n) is 3.01. The minimum atomic E-state index is -1.09. The van der Waals surface area contributed by atoms with E-state index in [1.54, 1.807) is 24.3 Å². The third-order valence-electron chi connectivity index (χ3n) is 4.06. The average Bonchev–Trinajstić information content (AvgIpc) is 2.94. The van der Waals surface area contributed by atoms with Crippen molar-refractivity contribution >= 4 is 22.7 Å². The minimum absolute atomic E-state index is 0.0780. The summed E-state index contributed by atoms with van der Waals surface area (Å²) in [5.74, 6) is -1.46. The highest BCUT2D eigenvalue weighted by atomic mass is 19.1. The number of fused-ring (bicyclic) bond motifs is 1. The smallest absolute Gasteiger partial charge is 0.336 e. The second-order valence-corrected chi connectivity index (χ2v) is 6.44. The SMILES string of the molecule is CC(C)CC(=O)c1c(-c2ccc(F)cc2)[nH]c2cccc(C(=O)O)c12. The van der Waals surface area contributed by atoms with Gasteiger partial charge in [0.25, 0.3) is 0 Å². The molecule has 0 aliphatic heterocycles. The number of aromatic nitrogens is 1. The van der Waals surface area contributed by atoms with E-state index in [4.69, 9.17) is 0 Å². The van der Waals surface area contributed by atoms with Crippen LogP contribution in [-0.4, -0.2) is 21.8 Å². The van der Waals surface area contributed by atoms with Gasteiger partial charge in [-0.05, 0) is 47.9 Å². The van der Waals surface area contributed by atoms with Gasteiger partial charge in [-0.25, -0.2) is 9.18 Å². The molecule has 0 bridgehead atoms. The maximum absolute atomic E-state index is 13.3. The third kappa shape index (κ3) is 3.18. The van der Waals surface area contributed by atoms with E-state index in [-0.39, 0.29) is 23.1 Å². The molecule has 0 radical (unpaired) electrons. The van der Waals surface area contributed by atoms with Crippen LogP contribution in [0.5, 0.6) is 0 Å². The zero-order chi connectivity index (χ0) is 18.1. The molecule has 2 aromatic carbocycles. The highest BCUT2D eigenvalue weighted by molar-refractivity contribution is 6.18. The van der Waals surface area contributed by atoms with Gasteiger partial charge >= 0.3 is 5.97 Å². The Bertz CT molecular complexity index is 955. The predicted octanol–water partition coefficient (Wildman–Crippen LogP) is 4.90.